The Kier molecular flexibility index (Phi) is 6.46. The zero-order valence-electron chi connectivity index (χ0n) is 17.4. The molecular formula is C22H25N3O5. The topological polar surface area (TPSA) is 104 Å². The van der Waals surface area contributed by atoms with E-state index in [-0.39, 0.29) is 12.6 Å². The van der Waals surface area contributed by atoms with Crippen LogP contribution in [0.1, 0.15) is 24.1 Å². The van der Waals surface area contributed by atoms with Gasteiger partial charge in [-0.3, -0.25) is 0 Å². The molecule has 0 saturated heterocycles. The van der Waals surface area contributed by atoms with Crippen LogP contribution in [0.25, 0.3) is 5.70 Å². The molecule has 8 heteroatoms. The minimum Gasteiger partial charge on any atom is -0.493 e. The molecule has 3 rings (SSSR count). The predicted octanol–water partition coefficient (Wildman–Crippen LogP) is 2.65. The molecule has 8 nitrogen and oxygen atoms in total. The van der Waals surface area contributed by atoms with E-state index in [1.54, 1.807) is 19.1 Å². The van der Waals surface area contributed by atoms with Crippen LogP contribution in [0.5, 0.6) is 17.2 Å². The van der Waals surface area contributed by atoms with Gasteiger partial charge in [-0.15, -0.1) is 0 Å². The molecular weight excluding hydrogens is 386 g/mol. The van der Waals surface area contributed by atoms with Crippen LogP contribution in [0.2, 0.25) is 0 Å². The number of nitrogens with two attached hydrogens (primary N) is 1. The van der Waals surface area contributed by atoms with Crippen molar-refractivity contribution in [2.45, 2.75) is 13.0 Å². The van der Waals surface area contributed by atoms with E-state index < -0.39 is 12.0 Å². The van der Waals surface area contributed by atoms with Crippen LogP contribution < -0.4 is 25.3 Å². The summed E-state index contributed by atoms with van der Waals surface area (Å²) in [6, 6.07) is 12.2. The van der Waals surface area contributed by atoms with Crippen LogP contribution in [0.15, 0.2) is 53.0 Å². The number of carbonyl (C=O) groups is 1. The van der Waals surface area contributed by atoms with Gasteiger partial charge >= 0.3 is 5.97 Å². The molecule has 1 aliphatic heterocycles. The third kappa shape index (κ3) is 4.03. The second-order valence-electron chi connectivity index (χ2n) is 6.38. The highest BCUT2D eigenvalue weighted by Crippen LogP contribution is 2.43. The number of nitrogens with zero attached hydrogens (tertiary/aromatic N) is 1. The van der Waals surface area contributed by atoms with Crippen molar-refractivity contribution in [2.24, 2.45) is 10.7 Å². The number of methoxy groups -OCH3 is 3. The van der Waals surface area contributed by atoms with Crippen LogP contribution in [0.3, 0.4) is 0 Å². The smallest absolute Gasteiger partial charge is 0.338 e. The van der Waals surface area contributed by atoms with Gasteiger partial charge in [0.25, 0.3) is 0 Å². The Balaban J connectivity index is 2.24. The van der Waals surface area contributed by atoms with E-state index in [0.29, 0.717) is 34.1 Å². The summed E-state index contributed by atoms with van der Waals surface area (Å²) in [7, 11) is 4.58. The molecule has 0 fully saturated rings. The van der Waals surface area contributed by atoms with Gasteiger partial charge in [0.1, 0.15) is 6.04 Å². The Morgan fingerprint density at radius 1 is 1.07 bits per heavy atom. The summed E-state index contributed by atoms with van der Waals surface area (Å²) >= 11 is 0. The predicted molar refractivity (Wildman–Crippen MR) is 114 cm³/mol. The Hall–Kier alpha value is -3.68. The quantitative estimate of drug-likeness (QED) is 0.675. The largest absolute Gasteiger partial charge is 0.493 e. The lowest BCUT2D eigenvalue weighted by molar-refractivity contribution is -0.138. The summed E-state index contributed by atoms with van der Waals surface area (Å²) in [6.07, 6.45) is 0. The Morgan fingerprint density at radius 2 is 1.70 bits per heavy atom. The van der Waals surface area contributed by atoms with Crippen molar-refractivity contribution >= 4 is 17.6 Å². The van der Waals surface area contributed by atoms with E-state index in [1.807, 2.05) is 30.3 Å². The summed E-state index contributed by atoms with van der Waals surface area (Å²) in [5, 5.41) is 3.02. The van der Waals surface area contributed by atoms with E-state index in [4.69, 9.17) is 24.7 Å². The van der Waals surface area contributed by atoms with Crippen LogP contribution in [0, 0.1) is 0 Å². The van der Waals surface area contributed by atoms with E-state index >= 15 is 0 Å². The monoisotopic (exact) mass is 411 g/mol. The Morgan fingerprint density at radius 3 is 2.23 bits per heavy atom. The molecule has 0 unspecified atom stereocenters. The fourth-order valence-corrected chi connectivity index (χ4v) is 3.32. The number of aliphatic imine (C=N–C) groups is 1. The second kappa shape index (κ2) is 9.21. The number of guanidine groups is 1. The van der Waals surface area contributed by atoms with Crippen molar-refractivity contribution in [3.8, 4) is 17.2 Å². The van der Waals surface area contributed by atoms with Gasteiger partial charge in [-0.1, -0.05) is 30.3 Å². The van der Waals surface area contributed by atoms with Gasteiger partial charge in [0.15, 0.2) is 17.5 Å². The van der Waals surface area contributed by atoms with E-state index in [1.165, 1.54) is 21.3 Å². The lowest BCUT2D eigenvalue weighted by Crippen LogP contribution is -2.37. The first kappa shape index (κ1) is 21.0. The highest BCUT2D eigenvalue weighted by Gasteiger charge is 2.33. The summed E-state index contributed by atoms with van der Waals surface area (Å²) < 4.78 is 21.7. The van der Waals surface area contributed by atoms with Crippen molar-refractivity contribution in [1.82, 2.24) is 5.32 Å². The van der Waals surface area contributed by atoms with Crippen molar-refractivity contribution < 1.29 is 23.7 Å². The lowest BCUT2D eigenvalue weighted by atomic mass is 9.93. The molecule has 158 valence electrons. The van der Waals surface area contributed by atoms with Crippen LogP contribution >= 0.6 is 0 Å². The maximum absolute atomic E-state index is 13.0. The van der Waals surface area contributed by atoms with Gasteiger partial charge in [0, 0.05) is 0 Å². The third-order valence-corrected chi connectivity index (χ3v) is 4.62. The molecule has 1 heterocycles. The minimum absolute atomic E-state index is 0.181. The van der Waals surface area contributed by atoms with Crippen molar-refractivity contribution in [2.75, 3.05) is 27.9 Å². The summed E-state index contributed by atoms with van der Waals surface area (Å²) in [4.78, 5) is 17.5. The molecule has 0 saturated carbocycles. The van der Waals surface area contributed by atoms with Gasteiger partial charge in [0.05, 0.1) is 39.2 Å². The molecule has 0 bridgehead atoms. The molecule has 0 amide bonds. The molecule has 30 heavy (non-hydrogen) atoms. The number of carbonyl (C=O) groups excluding carboxylic acids is 1. The standard InChI is InChI=1S/C22H25N3O5/c1-5-30-21(26)17-18(13-9-7-6-8-10-13)24-22(23)25-19(17)14-11-15(27-2)20(29-4)16(12-14)28-3/h6-12,19H,5H2,1-4H3,(H3,23,24,25)/t19-/m0/s1. The molecule has 1 aliphatic rings. The fraction of sp³-hybridized carbons (Fsp3) is 0.273. The zero-order chi connectivity index (χ0) is 21.7. The van der Waals surface area contributed by atoms with E-state index in [9.17, 15) is 4.79 Å². The molecule has 3 N–H and O–H groups in total. The molecule has 2 aromatic rings. The Bertz CT molecular complexity index is 961. The number of nitrogens with one attached hydrogen (secondary N) is 1. The van der Waals surface area contributed by atoms with Crippen LogP contribution in [-0.2, 0) is 9.53 Å². The minimum atomic E-state index is -0.728. The third-order valence-electron chi connectivity index (χ3n) is 4.62. The van der Waals surface area contributed by atoms with Gasteiger partial charge in [-0.25, -0.2) is 9.79 Å². The number of hydrogen-bond acceptors (Lipinski definition) is 8. The first-order valence-electron chi connectivity index (χ1n) is 9.40. The van der Waals surface area contributed by atoms with Gasteiger partial charge < -0.3 is 30.0 Å². The van der Waals surface area contributed by atoms with Crippen molar-refractivity contribution in [1.29, 1.82) is 0 Å². The maximum Gasteiger partial charge on any atom is 0.338 e. The summed E-state index contributed by atoms with van der Waals surface area (Å²) in [6.45, 7) is 1.98. The fourth-order valence-electron chi connectivity index (χ4n) is 3.32. The van der Waals surface area contributed by atoms with Gasteiger partial charge in [-0.2, -0.15) is 0 Å². The lowest BCUT2D eigenvalue weighted by Gasteiger charge is -2.27. The first-order valence-corrected chi connectivity index (χ1v) is 9.40. The molecule has 0 aromatic heterocycles. The first-order chi connectivity index (χ1) is 14.5. The van der Waals surface area contributed by atoms with E-state index in [0.717, 1.165) is 5.56 Å². The van der Waals surface area contributed by atoms with Crippen molar-refractivity contribution in [3.05, 3.63) is 59.2 Å². The Labute approximate surface area is 175 Å². The highest BCUT2D eigenvalue weighted by atomic mass is 16.5. The average Bonchev–Trinajstić information content (AvgIpc) is 2.78. The van der Waals surface area contributed by atoms with Gasteiger partial charge in [-0.05, 0) is 30.2 Å². The number of hydrogen-bond donors (Lipinski definition) is 2. The van der Waals surface area contributed by atoms with Crippen LogP contribution in [0.4, 0.5) is 0 Å². The number of benzene rings is 2. The molecule has 0 spiro atoms. The SMILES string of the molecule is CCOC(=O)C1=C(c2ccccc2)NC(N)=N[C@H]1c1cc(OC)c(OC)c(OC)c1. The van der Waals surface area contributed by atoms with Crippen LogP contribution in [-0.4, -0.2) is 39.9 Å². The van der Waals surface area contributed by atoms with E-state index in [2.05, 4.69) is 10.3 Å². The summed E-state index contributed by atoms with van der Waals surface area (Å²) in [5.41, 5.74) is 8.40. The molecule has 2 aromatic carbocycles. The second-order valence-corrected chi connectivity index (χ2v) is 6.38. The maximum atomic E-state index is 13.0. The molecule has 1 atom stereocenters. The number of ether oxygens (including phenoxy) is 4. The average molecular weight is 411 g/mol. The zero-order valence-corrected chi connectivity index (χ0v) is 17.4. The summed E-state index contributed by atoms with van der Waals surface area (Å²) in [5.74, 6) is 1.03. The number of esters is 1. The molecule has 0 radical (unpaired) electrons. The normalized spacial score (nSPS) is 15.7. The van der Waals surface area contributed by atoms with Crippen molar-refractivity contribution in [3.63, 3.8) is 0 Å². The highest BCUT2D eigenvalue weighted by molar-refractivity contribution is 6.04. The van der Waals surface area contributed by atoms with Gasteiger partial charge in [0.2, 0.25) is 5.75 Å². The number of rotatable bonds is 7. The molecule has 0 aliphatic carbocycles.